The average molecular weight is 308 g/mol. The van der Waals surface area contributed by atoms with Crippen LogP contribution in [0.5, 0.6) is 0 Å². The molecule has 3 rings (SSSR count). The first-order valence-electron chi connectivity index (χ1n) is 6.90. The van der Waals surface area contributed by atoms with Crippen LogP contribution < -0.4 is 5.73 Å². The molecule has 2 aromatic rings. The Morgan fingerprint density at radius 3 is 2.67 bits per heavy atom. The lowest BCUT2D eigenvalue weighted by molar-refractivity contribution is 0.176. The molecule has 0 amide bonds. The molecule has 0 spiro atoms. The fourth-order valence-electron chi connectivity index (χ4n) is 2.15. The van der Waals surface area contributed by atoms with Crippen molar-refractivity contribution in [2.75, 3.05) is 5.75 Å². The zero-order valence-electron chi connectivity index (χ0n) is 11.4. The molecule has 112 valence electrons. The lowest BCUT2D eigenvalue weighted by atomic mass is 10.3. The maximum absolute atomic E-state index is 13.1. The van der Waals surface area contributed by atoms with Crippen LogP contribution in [-0.2, 0) is 6.54 Å². The number of hydrogen-bond acceptors (Lipinski definition) is 5. The lowest BCUT2D eigenvalue weighted by Crippen LogP contribution is -2.13. The van der Waals surface area contributed by atoms with Crippen LogP contribution in [0.15, 0.2) is 29.4 Å². The molecule has 7 heteroatoms. The second-order valence-electron chi connectivity index (χ2n) is 5.13. The number of nitrogens with two attached hydrogens (primary N) is 1. The smallest absolute Gasteiger partial charge is 0.195 e. The minimum atomic E-state index is -0.310. The van der Waals surface area contributed by atoms with Gasteiger partial charge in [-0.2, -0.15) is 0 Å². The van der Waals surface area contributed by atoms with Crippen LogP contribution in [-0.4, -0.2) is 31.7 Å². The Kier molecular flexibility index (Phi) is 4.23. The maximum atomic E-state index is 13.1. The van der Waals surface area contributed by atoms with Gasteiger partial charge in [-0.25, -0.2) is 4.39 Å². The molecule has 0 radical (unpaired) electrons. The zero-order valence-corrected chi connectivity index (χ0v) is 12.3. The van der Waals surface area contributed by atoms with Crippen LogP contribution in [0.2, 0.25) is 0 Å². The van der Waals surface area contributed by atoms with E-state index in [0.29, 0.717) is 22.7 Å². The summed E-state index contributed by atoms with van der Waals surface area (Å²) in [6.07, 6.45) is 1.88. The van der Waals surface area contributed by atoms with E-state index in [9.17, 15) is 9.50 Å². The zero-order chi connectivity index (χ0) is 14.8. The summed E-state index contributed by atoms with van der Waals surface area (Å²) >= 11 is 1.45. The first kappa shape index (κ1) is 14.5. The molecule has 1 unspecified atom stereocenters. The molecule has 1 atom stereocenters. The Labute approximate surface area is 126 Å². The van der Waals surface area contributed by atoms with Crippen LogP contribution >= 0.6 is 11.8 Å². The fourth-order valence-corrected chi connectivity index (χ4v) is 3.18. The highest BCUT2D eigenvalue weighted by Crippen LogP contribution is 2.35. The quantitative estimate of drug-likeness (QED) is 0.795. The molecule has 0 saturated heterocycles. The highest BCUT2D eigenvalue weighted by atomic mass is 32.2. The molecule has 3 N–H and O–H groups in total. The molecule has 21 heavy (non-hydrogen) atoms. The normalized spacial score (nSPS) is 16.1. The van der Waals surface area contributed by atoms with Gasteiger partial charge in [0.25, 0.3) is 0 Å². The van der Waals surface area contributed by atoms with Gasteiger partial charge in [0.1, 0.15) is 5.82 Å². The van der Waals surface area contributed by atoms with Crippen LogP contribution in [0.1, 0.15) is 18.7 Å². The van der Waals surface area contributed by atoms with Crippen molar-refractivity contribution in [3.05, 3.63) is 35.9 Å². The van der Waals surface area contributed by atoms with Crippen LogP contribution in [0, 0.1) is 11.7 Å². The molecule has 1 aromatic heterocycles. The fraction of sp³-hybridized carbons (Fsp3) is 0.429. The molecule has 1 aromatic carbocycles. The van der Waals surface area contributed by atoms with E-state index in [2.05, 4.69) is 10.2 Å². The van der Waals surface area contributed by atoms with E-state index < -0.39 is 0 Å². The van der Waals surface area contributed by atoms with Gasteiger partial charge in [-0.15, -0.1) is 10.2 Å². The predicted molar refractivity (Wildman–Crippen MR) is 78.7 cm³/mol. The van der Waals surface area contributed by atoms with E-state index in [0.717, 1.165) is 18.5 Å². The van der Waals surface area contributed by atoms with Gasteiger partial charge in [0.15, 0.2) is 11.0 Å². The monoisotopic (exact) mass is 308 g/mol. The first-order chi connectivity index (χ1) is 10.2. The highest BCUT2D eigenvalue weighted by Gasteiger charge is 2.30. The van der Waals surface area contributed by atoms with Crippen LogP contribution in [0.25, 0.3) is 5.69 Å². The van der Waals surface area contributed by atoms with E-state index in [-0.39, 0.29) is 18.5 Å². The Bertz CT molecular complexity index is 612. The van der Waals surface area contributed by atoms with Crippen molar-refractivity contribution in [2.24, 2.45) is 11.7 Å². The van der Waals surface area contributed by atoms with E-state index in [1.54, 1.807) is 12.1 Å². The van der Waals surface area contributed by atoms with E-state index in [1.165, 1.54) is 23.9 Å². The summed E-state index contributed by atoms with van der Waals surface area (Å²) in [5.41, 5.74) is 6.46. The summed E-state index contributed by atoms with van der Waals surface area (Å²) < 4.78 is 14.9. The third-order valence-electron chi connectivity index (χ3n) is 3.52. The third-order valence-corrected chi connectivity index (χ3v) is 4.55. The number of aromatic nitrogens is 3. The molecular weight excluding hydrogens is 291 g/mol. The van der Waals surface area contributed by atoms with Crippen molar-refractivity contribution in [1.82, 2.24) is 14.8 Å². The van der Waals surface area contributed by atoms with Crippen molar-refractivity contribution >= 4 is 11.8 Å². The molecule has 1 aliphatic rings. The van der Waals surface area contributed by atoms with E-state index >= 15 is 0 Å². The topological polar surface area (TPSA) is 77.0 Å². The average Bonchev–Trinajstić information content (AvgIpc) is 3.26. The third kappa shape index (κ3) is 3.25. The SMILES string of the molecule is NCc1nnc(SCC(O)C2CC2)n1-c1ccc(F)cc1. The summed E-state index contributed by atoms with van der Waals surface area (Å²) in [7, 11) is 0. The van der Waals surface area contributed by atoms with Crippen molar-refractivity contribution in [3.8, 4) is 5.69 Å². The number of aliphatic hydroxyl groups excluding tert-OH is 1. The van der Waals surface area contributed by atoms with Gasteiger partial charge in [0, 0.05) is 11.4 Å². The van der Waals surface area contributed by atoms with Gasteiger partial charge < -0.3 is 10.8 Å². The molecule has 0 aliphatic heterocycles. The Morgan fingerprint density at radius 1 is 1.33 bits per heavy atom. The van der Waals surface area contributed by atoms with Gasteiger partial charge in [-0.1, -0.05) is 11.8 Å². The minimum Gasteiger partial charge on any atom is -0.392 e. The van der Waals surface area contributed by atoms with Crippen molar-refractivity contribution in [3.63, 3.8) is 0 Å². The number of hydrogen-bond donors (Lipinski definition) is 2. The minimum absolute atomic E-state index is 0.246. The number of nitrogens with zero attached hydrogens (tertiary/aromatic N) is 3. The van der Waals surface area contributed by atoms with Gasteiger partial charge in [-0.05, 0) is 43.0 Å². The van der Waals surface area contributed by atoms with Gasteiger partial charge >= 0.3 is 0 Å². The van der Waals surface area contributed by atoms with Gasteiger partial charge in [-0.3, -0.25) is 4.57 Å². The molecule has 1 aliphatic carbocycles. The lowest BCUT2D eigenvalue weighted by Gasteiger charge is -2.11. The standard InChI is InChI=1S/C14H17FN4OS/c15-10-3-5-11(6-4-10)19-13(7-16)17-18-14(19)21-8-12(20)9-1-2-9/h3-6,9,12,20H,1-2,7-8,16H2. The van der Waals surface area contributed by atoms with Gasteiger partial charge in [0.2, 0.25) is 0 Å². The highest BCUT2D eigenvalue weighted by molar-refractivity contribution is 7.99. The number of rotatable bonds is 6. The summed E-state index contributed by atoms with van der Waals surface area (Å²) in [5.74, 6) is 1.33. The molecule has 1 heterocycles. The maximum Gasteiger partial charge on any atom is 0.195 e. The van der Waals surface area contributed by atoms with Crippen LogP contribution in [0.3, 0.4) is 0 Å². The van der Waals surface area contributed by atoms with Crippen molar-refractivity contribution < 1.29 is 9.50 Å². The number of halogens is 1. The number of aliphatic hydroxyl groups is 1. The van der Waals surface area contributed by atoms with Crippen LogP contribution in [0.4, 0.5) is 4.39 Å². The van der Waals surface area contributed by atoms with E-state index in [1.807, 2.05) is 4.57 Å². The Hall–Kier alpha value is -1.44. The number of thioether (sulfide) groups is 1. The van der Waals surface area contributed by atoms with Gasteiger partial charge in [0.05, 0.1) is 12.6 Å². The first-order valence-corrected chi connectivity index (χ1v) is 7.88. The number of benzene rings is 1. The Morgan fingerprint density at radius 2 is 2.05 bits per heavy atom. The second-order valence-corrected chi connectivity index (χ2v) is 6.12. The van der Waals surface area contributed by atoms with E-state index in [4.69, 9.17) is 5.73 Å². The predicted octanol–water partition coefficient (Wildman–Crippen LogP) is 1.73. The van der Waals surface area contributed by atoms with Crippen molar-refractivity contribution in [2.45, 2.75) is 30.6 Å². The summed E-state index contributed by atoms with van der Waals surface area (Å²) in [5, 5.41) is 18.8. The molecule has 1 saturated carbocycles. The largest absolute Gasteiger partial charge is 0.392 e. The Balaban J connectivity index is 1.83. The summed E-state index contributed by atoms with van der Waals surface area (Å²) in [4.78, 5) is 0. The molecule has 0 bridgehead atoms. The molecule has 5 nitrogen and oxygen atoms in total. The molecule has 1 fully saturated rings. The molecular formula is C14H17FN4OS. The second kappa shape index (κ2) is 6.13. The summed E-state index contributed by atoms with van der Waals surface area (Å²) in [6.45, 7) is 0.246. The van der Waals surface area contributed by atoms with Crippen molar-refractivity contribution in [1.29, 1.82) is 0 Å². The summed E-state index contributed by atoms with van der Waals surface area (Å²) in [6, 6.07) is 6.12.